The van der Waals surface area contributed by atoms with Gasteiger partial charge in [0.25, 0.3) is 0 Å². The van der Waals surface area contributed by atoms with E-state index in [0.29, 0.717) is 22.9 Å². The predicted molar refractivity (Wildman–Crippen MR) is 102 cm³/mol. The smallest absolute Gasteiger partial charge is 0.133 e. The van der Waals surface area contributed by atoms with Gasteiger partial charge >= 0.3 is 0 Å². The van der Waals surface area contributed by atoms with Crippen molar-refractivity contribution in [1.82, 2.24) is 10.3 Å². The van der Waals surface area contributed by atoms with Crippen LogP contribution in [0.1, 0.15) is 17.3 Å². The van der Waals surface area contributed by atoms with Gasteiger partial charge in [0.15, 0.2) is 0 Å². The molecule has 3 rings (SSSR count). The van der Waals surface area contributed by atoms with Gasteiger partial charge in [-0.2, -0.15) is 0 Å². The Labute approximate surface area is 153 Å². The van der Waals surface area contributed by atoms with Gasteiger partial charge in [-0.25, -0.2) is 9.37 Å². The van der Waals surface area contributed by atoms with Crippen LogP contribution in [0.5, 0.6) is 0 Å². The summed E-state index contributed by atoms with van der Waals surface area (Å²) in [5, 5.41) is 6.02. The molecular formula is C19H19FN2OS2. The Bertz CT molecular complexity index is 851. The molecule has 2 aromatic carbocycles. The van der Waals surface area contributed by atoms with Crippen LogP contribution in [0.15, 0.2) is 60.0 Å². The highest BCUT2D eigenvalue weighted by Gasteiger charge is 2.14. The van der Waals surface area contributed by atoms with Gasteiger partial charge in [-0.15, -0.1) is 11.3 Å². The minimum atomic E-state index is -0.911. The van der Waals surface area contributed by atoms with Gasteiger partial charge in [0.1, 0.15) is 10.8 Å². The van der Waals surface area contributed by atoms with E-state index in [-0.39, 0.29) is 11.9 Å². The Balaban J connectivity index is 1.71. The van der Waals surface area contributed by atoms with Gasteiger partial charge in [0.05, 0.1) is 5.69 Å². The van der Waals surface area contributed by atoms with E-state index in [0.717, 1.165) is 11.3 Å². The van der Waals surface area contributed by atoms with Crippen LogP contribution < -0.4 is 5.32 Å². The van der Waals surface area contributed by atoms with Crippen LogP contribution in [-0.4, -0.2) is 21.2 Å². The van der Waals surface area contributed by atoms with E-state index in [1.165, 1.54) is 17.4 Å². The first-order chi connectivity index (χ1) is 12.1. The monoisotopic (exact) mass is 374 g/mol. The lowest BCUT2D eigenvalue weighted by molar-refractivity contribution is 0.569. The Morgan fingerprint density at radius 2 is 1.88 bits per heavy atom. The largest absolute Gasteiger partial charge is 0.303 e. The molecule has 3 nitrogen and oxygen atoms in total. The van der Waals surface area contributed by atoms with Crippen molar-refractivity contribution in [1.29, 1.82) is 0 Å². The average molecular weight is 375 g/mol. The third-order valence-electron chi connectivity index (χ3n) is 3.79. The molecule has 0 spiro atoms. The van der Waals surface area contributed by atoms with Gasteiger partial charge in [-0.3, -0.25) is 4.21 Å². The molecular weight excluding hydrogens is 355 g/mol. The third kappa shape index (κ3) is 4.81. The standard InChI is InChI=1S/C19H19FN2OS2/c1-25(23)13-18(14-7-3-2-4-8-14)21-11-15-12-24-19(22-15)16-9-5-6-10-17(16)20/h2-10,12,18,21H,11,13H2,1H3/t18-,25+/m0/s1. The molecule has 130 valence electrons. The third-order valence-corrected chi connectivity index (χ3v) is 5.52. The van der Waals surface area contributed by atoms with Gasteiger partial charge in [0.2, 0.25) is 0 Å². The zero-order chi connectivity index (χ0) is 17.6. The molecule has 0 saturated carbocycles. The number of aromatic nitrogens is 1. The molecule has 0 saturated heterocycles. The van der Waals surface area contributed by atoms with Crippen LogP contribution in [0.2, 0.25) is 0 Å². The second-order valence-corrected chi connectivity index (χ2v) is 8.05. The lowest BCUT2D eigenvalue weighted by Gasteiger charge is -2.17. The van der Waals surface area contributed by atoms with Crippen molar-refractivity contribution < 1.29 is 8.60 Å². The molecule has 0 bridgehead atoms. The molecule has 0 aliphatic rings. The molecule has 3 aromatic rings. The number of halogens is 1. The Morgan fingerprint density at radius 1 is 1.16 bits per heavy atom. The van der Waals surface area contributed by atoms with Crippen molar-refractivity contribution in [3.05, 3.63) is 77.1 Å². The van der Waals surface area contributed by atoms with Crippen LogP contribution in [0.25, 0.3) is 10.6 Å². The van der Waals surface area contributed by atoms with Crippen molar-refractivity contribution in [2.24, 2.45) is 0 Å². The molecule has 0 aliphatic carbocycles. The molecule has 6 heteroatoms. The van der Waals surface area contributed by atoms with Crippen molar-refractivity contribution in [2.45, 2.75) is 12.6 Å². The molecule has 2 atom stereocenters. The van der Waals surface area contributed by atoms with Crippen molar-refractivity contribution in [3.63, 3.8) is 0 Å². The summed E-state index contributed by atoms with van der Waals surface area (Å²) in [7, 11) is -0.911. The Hall–Kier alpha value is -1.89. The lowest BCUT2D eigenvalue weighted by Crippen LogP contribution is -2.25. The molecule has 1 aromatic heterocycles. The highest BCUT2D eigenvalue weighted by molar-refractivity contribution is 7.84. The first kappa shape index (κ1) is 17.9. The second kappa shape index (κ2) is 8.47. The van der Waals surface area contributed by atoms with Crippen LogP contribution >= 0.6 is 11.3 Å². The van der Waals surface area contributed by atoms with Crippen LogP contribution in [-0.2, 0) is 17.3 Å². The summed E-state index contributed by atoms with van der Waals surface area (Å²) in [5.41, 5.74) is 2.47. The fourth-order valence-electron chi connectivity index (χ4n) is 2.57. The number of thiazole rings is 1. The maximum absolute atomic E-state index is 13.9. The van der Waals surface area contributed by atoms with Crippen LogP contribution in [0.3, 0.4) is 0 Å². The minimum absolute atomic E-state index is 0.00866. The van der Waals surface area contributed by atoms with Crippen molar-refractivity contribution >= 4 is 22.1 Å². The molecule has 0 radical (unpaired) electrons. The lowest BCUT2D eigenvalue weighted by atomic mass is 10.1. The number of hydrogen-bond acceptors (Lipinski definition) is 4. The maximum Gasteiger partial charge on any atom is 0.133 e. The number of rotatable bonds is 7. The summed E-state index contributed by atoms with van der Waals surface area (Å²) >= 11 is 1.43. The van der Waals surface area contributed by atoms with Crippen molar-refractivity contribution in [3.8, 4) is 10.6 Å². The molecule has 0 aliphatic heterocycles. The first-order valence-electron chi connectivity index (χ1n) is 7.91. The average Bonchev–Trinajstić information content (AvgIpc) is 3.08. The fourth-order valence-corrected chi connectivity index (χ4v) is 4.19. The summed E-state index contributed by atoms with van der Waals surface area (Å²) in [5.74, 6) is 0.272. The zero-order valence-electron chi connectivity index (χ0n) is 13.8. The normalized spacial score (nSPS) is 13.5. The summed E-state index contributed by atoms with van der Waals surface area (Å²) in [4.78, 5) is 4.53. The van der Waals surface area contributed by atoms with E-state index in [1.807, 2.05) is 35.7 Å². The molecule has 25 heavy (non-hydrogen) atoms. The SMILES string of the molecule is C[S@@](=O)C[C@H](NCc1csc(-c2ccccc2F)n1)c1ccccc1. The van der Waals surface area contributed by atoms with E-state index in [9.17, 15) is 8.60 Å². The van der Waals surface area contributed by atoms with Gasteiger partial charge in [-0.05, 0) is 17.7 Å². The van der Waals surface area contributed by atoms with E-state index in [2.05, 4.69) is 10.3 Å². The summed E-state index contributed by atoms with van der Waals surface area (Å²) < 4.78 is 25.6. The highest BCUT2D eigenvalue weighted by atomic mass is 32.2. The van der Waals surface area contributed by atoms with Gasteiger partial charge in [-0.1, -0.05) is 42.5 Å². The molecule has 0 amide bonds. The van der Waals surface area contributed by atoms with E-state index >= 15 is 0 Å². The quantitative estimate of drug-likeness (QED) is 0.675. The van der Waals surface area contributed by atoms with E-state index < -0.39 is 10.8 Å². The molecule has 0 unspecified atom stereocenters. The van der Waals surface area contributed by atoms with Crippen LogP contribution in [0, 0.1) is 5.82 Å². The number of benzene rings is 2. The van der Waals surface area contributed by atoms with E-state index in [1.54, 1.807) is 24.5 Å². The fraction of sp³-hybridized carbons (Fsp3) is 0.211. The molecule has 1 heterocycles. The summed E-state index contributed by atoms with van der Waals surface area (Å²) in [6.45, 7) is 0.543. The highest BCUT2D eigenvalue weighted by Crippen LogP contribution is 2.26. The maximum atomic E-state index is 13.9. The summed E-state index contributed by atoms with van der Waals surface area (Å²) in [6, 6.07) is 16.6. The van der Waals surface area contributed by atoms with Gasteiger partial charge in [0, 0.05) is 46.3 Å². The zero-order valence-corrected chi connectivity index (χ0v) is 15.4. The minimum Gasteiger partial charge on any atom is -0.303 e. The topological polar surface area (TPSA) is 42.0 Å². The Kier molecular flexibility index (Phi) is 6.07. The number of nitrogens with one attached hydrogen (secondary N) is 1. The number of nitrogens with zero attached hydrogens (tertiary/aromatic N) is 1. The first-order valence-corrected chi connectivity index (χ1v) is 10.5. The Morgan fingerprint density at radius 3 is 2.60 bits per heavy atom. The van der Waals surface area contributed by atoms with Gasteiger partial charge < -0.3 is 5.32 Å². The second-order valence-electron chi connectivity index (χ2n) is 5.71. The molecule has 0 fully saturated rings. The van der Waals surface area contributed by atoms with Crippen LogP contribution in [0.4, 0.5) is 4.39 Å². The predicted octanol–water partition coefficient (Wildman–Crippen LogP) is 4.16. The van der Waals surface area contributed by atoms with E-state index in [4.69, 9.17) is 0 Å². The molecule has 1 N–H and O–H groups in total. The van der Waals surface area contributed by atoms with Crippen molar-refractivity contribution in [2.75, 3.05) is 12.0 Å². The summed E-state index contributed by atoms with van der Waals surface area (Å²) in [6.07, 6.45) is 1.71. The number of hydrogen-bond donors (Lipinski definition) is 1.